The van der Waals surface area contributed by atoms with Crippen molar-refractivity contribution >= 4 is 0 Å². The highest BCUT2D eigenvalue weighted by Gasteiger charge is 2.41. The van der Waals surface area contributed by atoms with Crippen LogP contribution in [0.25, 0.3) is 0 Å². The number of hydrogen-bond donors (Lipinski definition) is 3. The summed E-state index contributed by atoms with van der Waals surface area (Å²) in [5.41, 5.74) is 0.875. The third-order valence-corrected chi connectivity index (χ3v) is 3.24. The number of rotatable bonds is 5. The molecule has 0 bridgehead atoms. The first-order valence-electron chi connectivity index (χ1n) is 6.79. The summed E-state index contributed by atoms with van der Waals surface area (Å²) in [5, 5.41) is 25.4. The molecule has 1 aromatic carbocycles. The van der Waals surface area contributed by atoms with Gasteiger partial charge in [-0.25, -0.2) is 0 Å². The number of aromatic hydroxyl groups is 1. The van der Waals surface area contributed by atoms with Gasteiger partial charge in [0.05, 0.1) is 13.2 Å². The standard InChI is InChI=1S/C13H23N3O.C2H6O2/c1-14(2)13(15(3)4,16(5)6)11-9-7-8-10-12(11)17;3-1-2-4/h7-10,17H,1-6H3;3-4H,1-2H2. The quantitative estimate of drug-likeness (QED) is 0.673. The molecule has 1 aromatic rings. The highest BCUT2D eigenvalue weighted by molar-refractivity contribution is 5.37. The smallest absolute Gasteiger partial charge is 0.160 e. The minimum atomic E-state index is -0.467. The van der Waals surface area contributed by atoms with Gasteiger partial charge in [-0.2, -0.15) is 0 Å². The third kappa shape index (κ3) is 4.39. The van der Waals surface area contributed by atoms with E-state index in [0.717, 1.165) is 5.56 Å². The van der Waals surface area contributed by atoms with Crippen LogP contribution in [0.2, 0.25) is 0 Å². The Kier molecular flexibility index (Phi) is 8.46. The molecule has 0 aliphatic heterocycles. The molecule has 0 heterocycles. The normalized spacial score (nSPS) is 11.8. The number of phenolic OH excluding ortho intramolecular Hbond substituents is 1. The van der Waals surface area contributed by atoms with Crippen LogP contribution in [0.5, 0.6) is 5.75 Å². The number of hydrogen-bond acceptors (Lipinski definition) is 6. The summed E-state index contributed by atoms with van der Waals surface area (Å²) in [6.07, 6.45) is 0. The van der Waals surface area contributed by atoms with Crippen LogP contribution in [0, 0.1) is 0 Å². The van der Waals surface area contributed by atoms with Gasteiger partial charge in [0.1, 0.15) is 5.75 Å². The van der Waals surface area contributed by atoms with E-state index in [1.807, 2.05) is 60.5 Å². The Balaban J connectivity index is 0.000000885. The van der Waals surface area contributed by atoms with E-state index in [1.54, 1.807) is 6.07 Å². The Hall–Kier alpha value is -1.18. The van der Waals surface area contributed by atoms with Gasteiger partial charge in [-0.3, -0.25) is 14.7 Å². The van der Waals surface area contributed by atoms with Gasteiger partial charge in [0, 0.05) is 5.56 Å². The van der Waals surface area contributed by atoms with Crippen molar-refractivity contribution in [1.82, 2.24) is 14.7 Å². The van der Waals surface area contributed by atoms with Crippen molar-refractivity contribution in [1.29, 1.82) is 0 Å². The number of nitrogens with zero attached hydrogens (tertiary/aromatic N) is 3. The molecule has 6 heteroatoms. The number of phenols is 1. The predicted molar refractivity (Wildman–Crippen MR) is 85.0 cm³/mol. The molecule has 0 fully saturated rings. The molecule has 0 atom stereocenters. The van der Waals surface area contributed by atoms with E-state index in [9.17, 15) is 5.11 Å². The van der Waals surface area contributed by atoms with Gasteiger partial charge in [-0.05, 0) is 48.4 Å². The minimum Gasteiger partial charge on any atom is -0.507 e. The molecule has 0 spiro atoms. The van der Waals surface area contributed by atoms with Gasteiger partial charge < -0.3 is 15.3 Å². The van der Waals surface area contributed by atoms with Crippen LogP contribution in [0.3, 0.4) is 0 Å². The maximum Gasteiger partial charge on any atom is 0.160 e. The summed E-state index contributed by atoms with van der Waals surface area (Å²) in [4.78, 5) is 6.26. The molecule has 0 amide bonds. The molecule has 1 rings (SSSR count). The molecule has 0 radical (unpaired) electrons. The van der Waals surface area contributed by atoms with Gasteiger partial charge >= 0.3 is 0 Å². The van der Waals surface area contributed by atoms with Crippen LogP contribution in [0.4, 0.5) is 0 Å². The van der Waals surface area contributed by atoms with Crippen molar-refractivity contribution < 1.29 is 15.3 Å². The maximum absolute atomic E-state index is 10.1. The van der Waals surface area contributed by atoms with Crippen molar-refractivity contribution in [2.75, 3.05) is 55.5 Å². The molecule has 0 saturated heterocycles. The molecule has 0 unspecified atom stereocenters. The van der Waals surface area contributed by atoms with Crippen LogP contribution in [0.1, 0.15) is 5.56 Å². The largest absolute Gasteiger partial charge is 0.507 e. The first kappa shape index (κ1) is 19.8. The van der Waals surface area contributed by atoms with Crippen molar-refractivity contribution in [3.63, 3.8) is 0 Å². The lowest BCUT2D eigenvalue weighted by molar-refractivity contribution is -0.117. The van der Waals surface area contributed by atoms with E-state index in [4.69, 9.17) is 10.2 Å². The summed E-state index contributed by atoms with van der Waals surface area (Å²) in [5.74, 6) is -0.158. The van der Waals surface area contributed by atoms with E-state index in [1.165, 1.54) is 0 Å². The number of para-hydroxylation sites is 1. The van der Waals surface area contributed by atoms with Crippen molar-refractivity contribution in [3.05, 3.63) is 29.8 Å². The van der Waals surface area contributed by atoms with E-state index in [0.29, 0.717) is 5.75 Å². The fourth-order valence-corrected chi connectivity index (χ4v) is 2.68. The molecule has 0 aromatic heterocycles. The summed E-state index contributed by atoms with van der Waals surface area (Å²) in [6, 6.07) is 7.46. The molecule has 0 aliphatic carbocycles. The molecule has 122 valence electrons. The van der Waals surface area contributed by atoms with Crippen molar-refractivity contribution in [2.24, 2.45) is 0 Å². The van der Waals surface area contributed by atoms with Gasteiger partial charge in [0.2, 0.25) is 0 Å². The second-order valence-electron chi connectivity index (χ2n) is 5.28. The van der Waals surface area contributed by atoms with Crippen LogP contribution in [-0.4, -0.2) is 85.5 Å². The van der Waals surface area contributed by atoms with Gasteiger partial charge in [-0.1, -0.05) is 18.2 Å². The second kappa shape index (κ2) is 8.96. The fraction of sp³-hybridized carbons (Fsp3) is 0.600. The Morgan fingerprint density at radius 2 is 1.19 bits per heavy atom. The first-order chi connectivity index (χ1) is 9.76. The monoisotopic (exact) mass is 299 g/mol. The Morgan fingerprint density at radius 3 is 1.48 bits per heavy atom. The summed E-state index contributed by atoms with van der Waals surface area (Å²) < 4.78 is 0. The van der Waals surface area contributed by atoms with E-state index >= 15 is 0 Å². The maximum atomic E-state index is 10.1. The van der Waals surface area contributed by atoms with E-state index in [-0.39, 0.29) is 13.2 Å². The van der Waals surface area contributed by atoms with Crippen molar-refractivity contribution in [2.45, 2.75) is 5.79 Å². The average molecular weight is 299 g/mol. The lowest BCUT2D eigenvalue weighted by Gasteiger charge is -2.50. The molecular weight excluding hydrogens is 270 g/mol. The van der Waals surface area contributed by atoms with Gasteiger partial charge in [-0.15, -0.1) is 0 Å². The Bertz CT molecular complexity index is 385. The van der Waals surface area contributed by atoms with E-state index in [2.05, 4.69) is 14.7 Å². The number of aliphatic hydroxyl groups is 2. The van der Waals surface area contributed by atoms with E-state index < -0.39 is 5.79 Å². The summed E-state index contributed by atoms with van der Waals surface area (Å²) in [6.45, 7) is -0.250. The Morgan fingerprint density at radius 1 is 0.810 bits per heavy atom. The second-order valence-corrected chi connectivity index (χ2v) is 5.28. The van der Waals surface area contributed by atoms with Crippen LogP contribution >= 0.6 is 0 Å². The summed E-state index contributed by atoms with van der Waals surface area (Å²) in [7, 11) is 12.0. The molecule has 6 nitrogen and oxygen atoms in total. The number of benzene rings is 1. The minimum absolute atomic E-state index is 0.125. The van der Waals surface area contributed by atoms with Crippen LogP contribution in [0.15, 0.2) is 24.3 Å². The van der Waals surface area contributed by atoms with Gasteiger partial charge in [0.15, 0.2) is 5.79 Å². The average Bonchev–Trinajstić information content (AvgIpc) is 2.40. The van der Waals surface area contributed by atoms with Crippen LogP contribution in [-0.2, 0) is 5.79 Å². The topological polar surface area (TPSA) is 70.4 Å². The lowest BCUT2D eigenvalue weighted by atomic mass is 10.0. The zero-order chi connectivity index (χ0) is 16.6. The van der Waals surface area contributed by atoms with Crippen LogP contribution < -0.4 is 0 Å². The number of aliphatic hydroxyl groups excluding tert-OH is 2. The van der Waals surface area contributed by atoms with Gasteiger partial charge in [0.25, 0.3) is 0 Å². The SMILES string of the molecule is CN(C)C(c1ccccc1O)(N(C)C)N(C)C.OCCO. The summed E-state index contributed by atoms with van der Waals surface area (Å²) >= 11 is 0. The zero-order valence-electron chi connectivity index (χ0n) is 13.9. The highest BCUT2D eigenvalue weighted by Crippen LogP contribution is 2.36. The Labute approximate surface area is 127 Å². The molecular formula is C15H29N3O3. The third-order valence-electron chi connectivity index (χ3n) is 3.24. The zero-order valence-corrected chi connectivity index (χ0v) is 13.9. The van der Waals surface area contributed by atoms with Crippen molar-refractivity contribution in [3.8, 4) is 5.75 Å². The fourth-order valence-electron chi connectivity index (χ4n) is 2.68. The molecule has 21 heavy (non-hydrogen) atoms. The first-order valence-corrected chi connectivity index (χ1v) is 6.79. The highest BCUT2D eigenvalue weighted by atomic mass is 16.3. The lowest BCUT2D eigenvalue weighted by Crippen LogP contribution is -2.61. The molecule has 3 N–H and O–H groups in total. The molecule has 0 aliphatic rings. The predicted octanol–water partition coefficient (Wildman–Crippen LogP) is 0.158. The molecule has 0 saturated carbocycles.